The zero-order valence-electron chi connectivity index (χ0n) is 19.0. The average molecular weight is 529 g/mol. The molecule has 1 aromatic heterocycles. The van der Waals surface area contributed by atoms with Crippen LogP contribution in [0.2, 0.25) is 5.02 Å². The van der Waals surface area contributed by atoms with Crippen LogP contribution in [-0.2, 0) is 14.3 Å². The molecule has 2 bridgehead atoms. The van der Waals surface area contributed by atoms with Crippen molar-refractivity contribution in [2.45, 2.75) is 87.2 Å². The Bertz CT molecular complexity index is 1150. The Balaban J connectivity index is 1.02. The second-order valence-electron chi connectivity index (χ2n) is 10.1. The Hall–Kier alpha value is -2.21. The summed E-state index contributed by atoms with van der Waals surface area (Å²) in [4.78, 5) is 13.0. The van der Waals surface area contributed by atoms with Crippen LogP contribution < -0.4 is 4.74 Å². The summed E-state index contributed by atoms with van der Waals surface area (Å²) < 4.78 is 58.7. The normalized spacial score (nSPS) is 35.2. The van der Waals surface area contributed by atoms with Crippen LogP contribution in [0, 0.1) is 5.92 Å². The molecule has 3 aliphatic heterocycles. The van der Waals surface area contributed by atoms with Gasteiger partial charge in [-0.1, -0.05) is 11.6 Å². The third-order valence-electron chi connectivity index (χ3n) is 7.72. The fourth-order valence-electron chi connectivity index (χ4n) is 5.84. The Morgan fingerprint density at radius 1 is 1.11 bits per heavy atom. The molecule has 0 amide bonds. The number of Topliss-reactive ketones (excluding diaryl/α,β-unsaturated/α-hetero) is 1. The molecule has 0 unspecified atom stereocenters. The summed E-state index contributed by atoms with van der Waals surface area (Å²) in [5.74, 6) is 0.835. The van der Waals surface area contributed by atoms with Gasteiger partial charge in [0.2, 0.25) is 11.8 Å². The van der Waals surface area contributed by atoms with Gasteiger partial charge in [-0.05, 0) is 49.8 Å². The monoisotopic (exact) mass is 528 g/mol. The largest absolute Gasteiger partial charge is 0.522 e. The maximum atomic E-state index is 13.0. The van der Waals surface area contributed by atoms with E-state index in [0.29, 0.717) is 41.0 Å². The number of aliphatic hydroxyl groups excluding tert-OH is 1. The molecule has 1 aliphatic carbocycles. The number of aromatic nitrogens is 2. The summed E-state index contributed by atoms with van der Waals surface area (Å²) in [5.41, 5.74) is 0.585. The quantitative estimate of drug-likeness (QED) is 0.580. The van der Waals surface area contributed by atoms with Gasteiger partial charge in [-0.25, -0.2) is 0 Å². The number of alkyl halides is 3. The maximum absolute atomic E-state index is 13.0. The summed E-state index contributed by atoms with van der Waals surface area (Å²) in [6.45, 7) is 0. The molecule has 2 aromatic rings. The Labute approximate surface area is 209 Å². The molecule has 194 valence electrons. The van der Waals surface area contributed by atoms with Crippen LogP contribution in [0.1, 0.15) is 73.8 Å². The van der Waals surface area contributed by atoms with Gasteiger partial charge in [-0.15, -0.1) is 23.4 Å². The van der Waals surface area contributed by atoms with E-state index in [9.17, 15) is 23.1 Å². The lowest BCUT2D eigenvalue weighted by Crippen LogP contribution is -2.36. The first kappa shape index (κ1) is 24.1. The fraction of sp³-hybridized carbons (Fsp3) is 0.625. The van der Waals surface area contributed by atoms with Crippen LogP contribution in [0.25, 0.3) is 0 Å². The number of hydrogen-bond acceptors (Lipinski definition) is 8. The standard InChI is InChI=1S/C24H24ClF3N2O6/c25-12-1-2-18-14(7-12)16(31)9-21(33-18)17(32)5-10-6-20-15(8-19(10)34-20)23-30-29-22(35-23)11-3-13(4-11)36-24(26,27)28/h1-2,7,10-11,13,15-16,19-21,31H,3-6,8-9H2/t10-,11?,13?,15-,16-,19+,20+,21+/m1/s1. The summed E-state index contributed by atoms with van der Waals surface area (Å²) in [6.07, 6.45) is -5.24. The van der Waals surface area contributed by atoms with E-state index in [4.69, 9.17) is 25.5 Å². The number of halogens is 4. The van der Waals surface area contributed by atoms with E-state index in [1.54, 1.807) is 18.2 Å². The highest BCUT2D eigenvalue weighted by molar-refractivity contribution is 6.30. The van der Waals surface area contributed by atoms with Gasteiger partial charge in [0.05, 0.1) is 30.3 Å². The molecule has 2 saturated heterocycles. The van der Waals surface area contributed by atoms with Gasteiger partial charge in [-0.2, -0.15) is 0 Å². The molecular formula is C24H24ClF3N2O6. The predicted octanol–water partition coefficient (Wildman–Crippen LogP) is 4.61. The molecule has 0 spiro atoms. The van der Waals surface area contributed by atoms with E-state index < -0.39 is 24.7 Å². The van der Waals surface area contributed by atoms with Crippen LogP contribution in [0.3, 0.4) is 0 Å². The number of ether oxygens (including phenoxy) is 3. The fourth-order valence-corrected chi connectivity index (χ4v) is 6.02. The second kappa shape index (κ2) is 8.97. The Kier molecular flexibility index (Phi) is 6.01. The molecule has 6 atom stereocenters. The molecule has 3 fully saturated rings. The molecule has 1 N–H and O–H groups in total. The van der Waals surface area contributed by atoms with Crippen LogP contribution >= 0.6 is 11.6 Å². The molecule has 8 nitrogen and oxygen atoms in total. The first-order valence-corrected chi connectivity index (χ1v) is 12.4. The summed E-state index contributed by atoms with van der Waals surface area (Å²) in [7, 11) is 0. The molecule has 1 aromatic carbocycles. The lowest BCUT2D eigenvalue weighted by atomic mass is 9.79. The molecule has 36 heavy (non-hydrogen) atoms. The summed E-state index contributed by atoms with van der Waals surface area (Å²) in [6, 6.07) is 4.97. The van der Waals surface area contributed by atoms with E-state index >= 15 is 0 Å². The molecule has 4 heterocycles. The SMILES string of the molecule is O=C(C[C@@H]1C[C@@H]2O[C@H]1C[C@H]2c1nnc(C2CC(OC(F)(F)F)C2)o1)[C@@H]1C[C@@H](O)c2cc(Cl)ccc2O1. The number of aliphatic hydroxyl groups is 1. The van der Waals surface area contributed by atoms with Gasteiger partial charge in [0.15, 0.2) is 11.9 Å². The Morgan fingerprint density at radius 3 is 2.61 bits per heavy atom. The average Bonchev–Trinajstić information content (AvgIpc) is 3.51. The van der Waals surface area contributed by atoms with Crippen molar-refractivity contribution < 1.29 is 41.7 Å². The number of carbonyl (C=O) groups is 1. The van der Waals surface area contributed by atoms with E-state index in [1.807, 2.05) is 0 Å². The second-order valence-corrected chi connectivity index (χ2v) is 10.5. The minimum absolute atomic E-state index is 0.0282. The smallest absolute Gasteiger partial charge is 0.482 e. The van der Waals surface area contributed by atoms with E-state index in [2.05, 4.69) is 14.9 Å². The highest BCUT2D eigenvalue weighted by atomic mass is 35.5. The number of ketones is 1. The van der Waals surface area contributed by atoms with Crippen molar-refractivity contribution >= 4 is 17.4 Å². The number of rotatable bonds is 6. The van der Waals surface area contributed by atoms with Crippen molar-refractivity contribution in [1.29, 1.82) is 0 Å². The maximum Gasteiger partial charge on any atom is 0.522 e. The first-order chi connectivity index (χ1) is 17.1. The topological polar surface area (TPSA) is 104 Å². The molecule has 1 saturated carbocycles. The third kappa shape index (κ3) is 4.62. The van der Waals surface area contributed by atoms with Gasteiger partial charge in [-0.3, -0.25) is 9.53 Å². The summed E-state index contributed by atoms with van der Waals surface area (Å²) >= 11 is 6.00. The van der Waals surface area contributed by atoms with Crippen molar-refractivity contribution in [2.24, 2.45) is 5.92 Å². The predicted molar refractivity (Wildman–Crippen MR) is 116 cm³/mol. The van der Waals surface area contributed by atoms with Crippen molar-refractivity contribution in [3.05, 3.63) is 40.6 Å². The lowest BCUT2D eigenvalue weighted by molar-refractivity contribution is -0.352. The van der Waals surface area contributed by atoms with Gasteiger partial charge in [0, 0.05) is 29.3 Å². The van der Waals surface area contributed by atoms with Crippen molar-refractivity contribution in [2.75, 3.05) is 0 Å². The lowest BCUT2D eigenvalue weighted by Gasteiger charge is -2.32. The number of fused-ring (bicyclic) bond motifs is 3. The van der Waals surface area contributed by atoms with E-state index in [1.165, 1.54) is 0 Å². The molecule has 6 rings (SSSR count). The summed E-state index contributed by atoms with van der Waals surface area (Å²) in [5, 5.41) is 19.1. The van der Waals surface area contributed by atoms with Crippen LogP contribution in [0.4, 0.5) is 13.2 Å². The van der Waals surface area contributed by atoms with Gasteiger partial charge in [0.1, 0.15) is 5.75 Å². The van der Waals surface area contributed by atoms with Crippen LogP contribution in [0.15, 0.2) is 22.6 Å². The number of hydrogen-bond donors (Lipinski definition) is 1. The van der Waals surface area contributed by atoms with Crippen molar-refractivity contribution in [1.82, 2.24) is 10.2 Å². The minimum atomic E-state index is -4.64. The first-order valence-electron chi connectivity index (χ1n) is 12.0. The molecular weight excluding hydrogens is 505 g/mol. The van der Waals surface area contributed by atoms with Crippen molar-refractivity contribution in [3.63, 3.8) is 0 Å². The molecule has 12 heteroatoms. The third-order valence-corrected chi connectivity index (χ3v) is 7.96. The minimum Gasteiger partial charge on any atom is -0.482 e. The number of carbonyl (C=O) groups excluding carboxylic acids is 1. The van der Waals surface area contributed by atoms with Crippen molar-refractivity contribution in [3.8, 4) is 5.75 Å². The molecule has 0 radical (unpaired) electrons. The number of nitrogens with zero attached hydrogens (tertiary/aromatic N) is 2. The highest BCUT2D eigenvalue weighted by Gasteiger charge is 2.51. The zero-order valence-corrected chi connectivity index (χ0v) is 19.7. The van der Waals surface area contributed by atoms with Gasteiger partial charge in [0.25, 0.3) is 0 Å². The highest BCUT2D eigenvalue weighted by Crippen LogP contribution is 2.49. The van der Waals surface area contributed by atoms with Gasteiger partial charge >= 0.3 is 6.36 Å². The molecule has 4 aliphatic rings. The van der Waals surface area contributed by atoms with E-state index in [0.717, 1.165) is 0 Å². The van der Waals surface area contributed by atoms with Gasteiger partial charge < -0.3 is 19.0 Å². The Morgan fingerprint density at radius 2 is 1.89 bits per heavy atom. The van der Waals surface area contributed by atoms with E-state index in [-0.39, 0.29) is 61.4 Å². The number of benzene rings is 1. The zero-order chi connectivity index (χ0) is 25.2. The van der Waals surface area contributed by atoms with Crippen LogP contribution in [0.5, 0.6) is 5.75 Å². The van der Waals surface area contributed by atoms with Crippen LogP contribution in [-0.4, -0.2) is 51.9 Å².